The van der Waals surface area contributed by atoms with Crippen LogP contribution in [-0.4, -0.2) is 70.4 Å². The molecule has 25 heavy (non-hydrogen) atoms. The van der Waals surface area contributed by atoms with Crippen LogP contribution in [0.1, 0.15) is 24.9 Å². The first-order valence-electron chi connectivity index (χ1n) is 8.66. The van der Waals surface area contributed by atoms with Gasteiger partial charge in [-0.2, -0.15) is 5.10 Å². The Hall–Kier alpha value is -2.25. The number of hydrogen-bond acceptors (Lipinski definition) is 5. The highest BCUT2D eigenvalue weighted by Crippen LogP contribution is 2.20. The van der Waals surface area contributed by atoms with E-state index in [1.54, 1.807) is 11.0 Å². The Morgan fingerprint density at radius 2 is 2.00 bits per heavy atom. The Morgan fingerprint density at radius 3 is 2.64 bits per heavy atom. The summed E-state index contributed by atoms with van der Waals surface area (Å²) in [5.41, 5.74) is 2.20. The number of aromatic nitrogens is 3. The third kappa shape index (κ3) is 4.43. The van der Waals surface area contributed by atoms with Crippen molar-refractivity contribution in [2.75, 3.05) is 39.9 Å². The minimum absolute atomic E-state index is 0.212. The van der Waals surface area contributed by atoms with E-state index in [1.807, 2.05) is 17.0 Å². The molecule has 7 heteroatoms. The van der Waals surface area contributed by atoms with Crippen LogP contribution in [0.25, 0.3) is 5.69 Å². The van der Waals surface area contributed by atoms with E-state index in [9.17, 15) is 4.79 Å². The minimum Gasteiger partial charge on any atom is -0.378 e. The molecule has 134 valence electrons. The van der Waals surface area contributed by atoms with Crippen LogP contribution in [0.5, 0.6) is 0 Å². The Labute approximate surface area is 148 Å². The monoisotopic (exact) mass is 343 g/mol. The summed E-state index contributed by atoms with van der Waals surface area (Å²) < 4.78 is 7.03. The third-order valence-corrected chi connectivity index (χ3v) is 4.76. The van der Waals surface area contributed by atoms with E-state index in [4.69, 9.17) is 4.74 Å². The Balaban J connectivity index is 1.53. The quantitative estimate of drug-likeness (QED) is 0.795. The number of nitrogens with zero attached hydrogens (tertiary/aromatic N) is 5. The molecule has 1 aliphatic rings. The van der Waals surface area contributed by atoms with Gasteiger partial charge in [0, 0.05) is 32.1 Å². The SMILES string of the molecule is C[C@H](c1ccc(-n2cncn2)cc1)N(C)CCC(=O)N1CCOCC1. The lowest BCUT2D eigenvalue weighted by Gasteiger charge is -2.29. The second-order valence-electron chi connectivity index (χ2n) is 6.33. The lowest BCUT2D eigenvalue weighted by Crippen LogP contribution is -2.41. The molecule has 0 unspecified atom stereocenters. The van der Waals surface area contributed by atoms with Gasteiger partial charge in [0.05, 0.1) is 18.9 Å². The van der Waals surface area contributed by atoms with Gasteiger partial charge in [-0.25, -0.2) is 9.67 Å². The molecular weight excluding hydrogens is 318 g/mol. The zero-order chi connectivity index (χ0) is 17.6. The predicted octanol–water partition coefficient (Wildman–Crippen LogP) is 1.51. The van der Waals surface area contributed by atoms with Crippen molar-refractivity contribution >= 4 is 5.91 Å². The lowest BCUT2D eigenvalue weighted by atomic mass is 10.1. The number of morpholine rings is 1. The van der Waals surface area contributed by atoms with Gasteiger partial charge in [0.25, 0.3) is 0 Å². The molecule has 2 aromatic rings. The number of ether oxygens (including phenoxy) is 1. The first-order valence-corrected chi connectivity index (χ1v) is 8.66. The summed E-state index contributed by atoms with van der Waals surface area (Å²) >= 11 is 0. The summed E-state index contributed by atoms with van der Waals surface area (Å²) in [6, 6.07) is 8.51. The second-order valence-corrected chi connectivity index (χ2v) is 6.33. The average molecular weight is 343 g/mol. The molecule has 2 heterocycles. The number of rotatable bonds is 6. The molecule has 0 bridgehead atoms. The molecule has 0 aliphatic carbocycles. The first-order chi connectivity index (χ1) is 12.1. The highest BCUT2D eigenvalue weighted by atomic mass is 16.5. The Kier molecular flexibility index (Phi) is 5.78. The molecule has 1 amide bonds. The fraction of sp³-hybridized carbons (Fsp3) is 0.500. The van der Waals surface area contributed by atoms with E-state index in [1.165, 1.54) is 11.9 Å². The fourth-order valence-electron chi connectivity index (χ4n) is 2.94. The van der Waals surface area contributed by atoms with Crippen LogP contribution >= 0.6 is 0 Å². The standard InChI is InChI=1S/C18H25N5O2/c1-15(16-3-5-17(6-4-16)23-14-19-13-20-23)21(2)8-7-18(24)22-9-11-25-12-10-22/h3-6,13-15H,7-12H2,1-2H3/t15-/m1/s1. The van der Waals surface area contributed by atoms with E-state index in [2.05, 4.69) is 41.1 Å². The number of hydrogen-bond donors (Lipinski definition) is 0. The zero-order valence-corrected chi connectivity index (χ0v) is 14.8. The van der Waals surface area contributed by atoms with Crippen LogP contribution in [-0.2, 0) is 9.53 Å². The van der Waals surface area contributed by atoms with Gasteiger partial charge < -0.3 is 9.64 Å². The van der Waals surface area contributed by atoms with Gasteiger partial charge in [0.1, 0.15) is 12.7 Å². The van der Waals surface area contributed by atoms with Crippen LogP contribution < -0.4 is 0 Å². The van der Waals surface area contributed by atoms with Gasteiger partial charge in [-0.1, -0.05) is 12.1 Å². The van der Waals surface area contributed by atoms with Crippen molar-refractivity contribution in [3.63, 3.8) is 0 Å². The zero-order valence-electron chi connectivity index (χ0n) is 14.8. The van der Waals surface area contributed by atoms with Crippen molar-refractivity contribution in [1.82, 2.24) is 24.6 Å². The number of benzene rings is 1. The highest BCUT2D eigenvalue weighted by Gasteiger charge is 2.18. The molecule has 1 aromatic heterocycles. The van der Waals surface area contributed by atoms with Crippen molar-refractivity contribution in [3.8, 4) is 5.69 Å². The van der Waals surface area contributed by atoms with Crippen LogP contribution in [0.3, 0.4) is 0 Å². The third-order valence-electron chi connectivity index (χ3n) is 4.76. The van der Waals surface area contributed by atoms with Crippen LogP contribution in [0.15, 0.2) is 36.9 Å². The van der Waals surface area contributed by atoms with Crippen molar-refractivity contribution in [1.29, 1.82) is 0 Å². The molecular formula is C18H25N5O2. The van der Waals surface area contributed by atoms with Gasteiger partial charge >= 0.3 is 0 Å². The number of amides is 1. The lowest BCUT2D eigenvalue weighted by molar-refractivity contribution is -0.135. The Bertz CT molecular complexity index is 665. The largest absolute Gasteiger partial charge is 0.378 e. The van der Waals surface area contributed by atoms with Gasteiger partial charge in [-0.05, 0) is 31.7 Å². The highest BCUT2D eigenvalue weighted by molar-refractivity contribution is 5.76. The topological polar surface area (TPSA) is 63.5 Å². The molecule has 0 saturated carbocycles. The van der Waals surface area contributed by atoms with E-state index in [0.717, 1.165) is 12.2 Å². The summed E-state index contributed by atoms with van der Waals surface area (Å²) in [4.78, 5) is 20.3. The maximum absolute atomic E-state index is 12.3. The van der Waals surface area contributed by atoms with Crippen molar-refractivity contribution in [2.24, 2.45) is 0 Å². The number of carbonyl (C=O) groups is 1. The molecule has 1 atom stereocenters. The maximum Gasteiger partial charge on any atom is 0.224 e. The molecule has 3 rings (SSSR count). The number of carbonyl (C=O) groups excluding carboxylic acids is 1. The molecule has 1 saturated heterocycles. The summed E-state index contributed by atoms with van der Waals surface area (Å²) in [6.07, 6.45) is 3.75. The van der Waals surface area contributed by atoms with E-state index >= 15 is 0 Å². The second kappa shape index (κ2) is 8.22. The summed E-state index contributed by atoms with van der Waals surface area (Å²) in [5, 5.41) is 4.13. The van der Waals surface area contributed by atoms with Gasteiger partial charge in [-0.15, -0.1) is 0 Å². The molecule has 0 N–H and O–H groups in total. The predicted molar refractivity (Wildman–Crippen MR) is 94.4 cm³/mol. The van der Waals surface area contributed by atoms with Gasteiger partial charge in [0.15, 0.2) is 0 Å². The summed E-state index contributed by atoms with van der Waals surface area (Å²) in [6.45, 7) is 5.61. The summed E-state index contributed by atoms with van der Waals surface area (Å²) in [7, 11) is 2.06. The maximum atomic E-state index is 12.3. The molecule has 0 radical (unpaired) electrons. The molecule has 1 aliphatic heterocycles. The smallest absolute Gasteiger partial charge is 0.224 e. The average Bonchev–Trinajstić information content (AvgIpc) is 3.21. The molecule has 1 aromatic carbocycles. The Morgan fingerprint density at radius 1 is 1.28 bits per heavy atom. The van der Waals surface area contributed by atoms with Gasteiger partial charge in [0.2, 0.25) is 5.91 Å². The molecule has 0 spiro atoms. The van der Waals surface area contributed by atoms with Crippen LogP contribution in [0, 0.1) is 0 Å². The van der Waals surface area contributed by atoms with Gasteiger partial charge in [-0.3, -0.25) is 9.69 Å². The normalized spacial score (nSPS) is 16.2. The minimum atomic E-state index is 0.212. The molecule has 1 fully saturated rings. The molecule has 7 nitrogen and oxygen atoms in total. The van der Waals surface area contributed by atoms with Crippen LogP contribution in [0.4, 0.5) is 0 Å². The summed E-state index contributed by atoms with van der Waals surface area (Å²) in [5.74, 6) is 0.212. The van der Waals surface area contributed by atoms with E-state index < -0.39 is 0 Å². The van der Waals surface area contributed by atoms with E-state index in [-0.39, 0.29) is 11.9 Å². The van der Waals surface area contributed by atoms with Crippen LogP contribution in [0.2, 0.25) is 0 Å². The first kappa shape index (κ1) is 17.6. The van der Waals surface area contributed by atoms with E-state index in [0.29, 0.717) is 32.7 Å². The van der Waals surface area contributed by atoms with Crippen molar-refractivity contribution in [3.05, 3.63) is 42.5 Å². The fourth-order valence-corrected chi connectivity index (χ4v) is 2.94. The van der Waals surface area contributed by atoms with Crippen molar-refractivity contribution in [2.45, 2.75) is 19.4 Å². The van der Waals surface area contributed by atoms with Crippen molar-refractivity contribution < 1.29 is 9.53 Å².